The number of hydrogen-bond donors (Lipinski definition) is 0. The Kier molecular flexibility index (Phi) is 6.87. The standard InChI is InChI=1S/C13H18F8O2/c1-4-10(2,3)9(22)23-7-13(20,21)12(18,19)6-5-11(16,17)8(14)15/h8H,4-7H2,1-3H3. The van der Waals surface area contributed by atoms with Crippen LogP contribution >= 0.6 is 0 Å². The highest BCUT2D eigenvalue weighted by molar-refractivity contribution is 5.75. The lowest BCUT2D eigenvalue weighted by molar-refractivity contribution is -0.244. The van der Waals surface area contributed by atoms with E-state index in [2.05, 4.69) is 4.74 Å². The van der Waals surface area contributed by atoms with Crippen molar-refractivity contribution in [3.8, 4) is 0 Å². The van der Waals surface area contributed by atoms with Gasteiger partial charge in [0.05, 0.1) is 5.41 Å². The fourth-order valence-electron chi connectivity index (χ4n) is 1.22. The molecule has 0 heterocycles. The van der Waals surface area contributed by atoms with Gasteiger partial charge in [-0.15, -0.1) is 0 Å². The van der Waals surface area contributed by atoms with E-state index >= 15 is 0 Å². The molecule has 23 heavy (non-hydrogen) atoms. The predicted molar refractivity (Wildman–Crippen MR) is 65.1 cm³/mol. The molecule has 0 saturated carbocycles. The number of halogens is 8. The van der Waals surface area contributed by atoms with Crippen LogP contribution in [0.4, 0.5) is 35.1 Å². The summed E-state index contributed by atoms with van der Waals surface area (Å²) in [6.45, 7) is 2.20. The van der Waals surface area contributed by atoms with Crippen LogP contribution in [0, 0.1) is 5.41 Å². The zero-order chi connectivity index (χ0) is 18.7. The molecule has 0 N–H and O–H groups in total. The molecule has 0 fully saturated rings. The summed E-state index contributed by atoms with van der Waals surface area (Å²) in [6.07, 6.45) is -8.35. The number of hydrogen-bond acceptors (Lipinski definition) is 2. The lowest BCUT2D eigenvalue weighted by atomic mass is 9.91. The van der Waals surface area contributed by atoms with Crippen LogP contribution < -0.4 is 0 Å². The third-order valence-electron chi connectivity index (χ3n) is 3.45. The number of ether oxygens (including phenoxy) is 1. The van der Waals surface area contributed by atoms with Gasteiger partial charge in [0.25, 0.3) is 0 Å². The molecule has 0 aliphatic heterocycles. The van der Waals surface area contributed by atoms with Crippen molar-refractivity contribution in [3.05, 3.63) is 0 Å². The zero-order valence-corrected chi connectivity index (χ0v) is 12.7. The lowest BCUT2D eigenvalue weighted by Crippen LogP contribution is -2.46. The van der Waals surface area contributed by atoms with Crippen molar-refractivity contribution in [1.82, 2.24) is 0 Å². The Morgan fingerprint density at radius 1 is 0.957 bits per heavy atom. The van der Waals surface area contributed by atoms with Crippen molar-refractivity contribution in [2.45, 2.75) is 64.2 Å². The minimum atomic E-state index is -5.03. The van der Waals surface area contributed by atoms with Crippen molar-refractivity contribution < 1.29 is 44.7 Å². The average Bonchev–Trinajstić information content (AvgIpc) is 2.42. The van der Waals surface area contributed by atoms with Gasteiger partial charge in [-0.3, -0.25) is 4.79 Å². The van der Waals surface area contributed by atoms with E-state index in [9.17, 15) is 39.9 Å². The van der Waals surface area contributed by atoms with E-state index in [1.54, 1.807) is 6.92 Å². The van der Waals surface area contributed by atoms with Crippen molar-refractivity contribution >= 4 is 5.97 Å². The molecule has 0 spiro atoms. The Hall–Kier alpha value is -1.09. The second kappa shape index (κ2) is 7.21. The third-order valence-corrected chi connectivity index (χ3v) is 3.45. The van der Waals surface area contributed by atoms with Gasteiger partial charge in [-0.25, -0.2) is 17.6 Å². The van der Waals surface area contributed by atoms with Gasteiger partial charge in [-0.1, -0.05) is 6.92 Å². The molecular weight excluding hydrogens is 340 g/mol. The highest BCUT2D eigenvalue weighted by Crippen LogP contribution is 2.41. The number of rotatable bonds is 9. The van der Waals surface area contributed by atoms with E-state index in [-0.39, 0.29) is 6.42 Å². The second-order valence-corrected chi connectivity index (χ2v) is 5.78. The molecule has 0 atom stereocenters. The van der Waals surface area contributed by atoms with Crippen LogP contribution in [0.2, 0.25) is 0 Å². The predicted octanol–water partition coefficient (Wildman–Crippen LogP) is 4.92. The highest BCUT2D eigenvalue weighted by atomic mass is 19.3. The summed E-state index contributed by atoms with van der Waals surface area (Å²) in [5.74, 6) is -15.9. The van der Waals surface area contributed by atoms with Crippen LogP contribution in [0.1, 0.15) is 40.0 Å². The SMILES string of the molecule is CCC(C)(C)C(=O)OCC(F)(F)C(F)(F)CCC(F)(F)C(F)F. The monoisotopic (exact) mass is 358 g/mol. The molecule has 2 nitrogen and oxygen atoms in total. The molecule has 0 unspecified atom stereocenters. The van der Waals surface area contributed by atoms with Crippen LogP contribution in [0.5, 0.6) is 0 Å². The molecule has 0 aliphatic carbocycles. The Labute approximate surface area is 128 Å². The van der Waals surface area contributed by atoms with E-state index < -0.39 is 55.0 Å². The van der Waals surface area contributed by atoms with Crippen LogP contribution in [0.3, 0.4) is 0 Å². The van der Waals surface area contributed by atoms with E-state index in [1.807, 2.05) is 0 Å². The second-order valence-electron chi connectivity index (χ2n) is 5.78. The van der Waals surface area contributed by atoms with Crippen molar-refractivity contribution in [1.29, 1.82) is 0 Å². The summed E-state index contributed by atoms with van der Waals surface area (Å²) in [5.41, 5.74) is -1.19. The van der Waals surface area contributed by atoms with Crippen LogP contribution in [-0.4, -0.2) is 36.8 Å². The van der Waals surface area contributed by atoms with E-state index in [0.29, 0.717) is 0 Å². The van der Waals surface area contributed by atoms with Gasteiger partial charge in [0.2, 0.25) is 0 Å². The molecule has 138 valence electrons. The first kappa shape index (κ1) is 21.9. The van der Waals surface area contributed by atoms with Crippen LogP contribution in [0.25, 0.3) is 0 Å². The molecule has 0 amide bonds. The van der Waals surface area contributed by atoms with Crippen molar-refractivity contribution in [3.63, 3.8) is 0 Å². The fraction of sp³-hybridized carbons (Fsp3) is 0.923. The molecule has 0 saturated heterocycles. The molecule has 10 heteroatoms. The maximum absolute atomic E-state index is 13.4. The maximum atomic E-state index is 13.4. The summed E-state index contributed by atoms with van der Waals surface area (Å²) in [4.78, 5) is 11.5. The number of carbonyl (C=O) groups excluding carboxylic acids is 1. The largest absolute Gasteiger partial charge is 0.459 e. The van der Waals surface area contributed by atoms with Crippen LogP contribution in [-0.2, 0) is 9.53 Å². The fourth-order valence-corrected chi connectivity index (χ4v) is 1.22. The number of alkyl halides is 8. The van der Waals surface area contributed by atoms with Gasteiger partial charge in [0.15, 0.2) is 6.61 Å². The molecule has 0 rings (SSSR count). The number of carbonyl (C=O) groups is 1. The Morgan fingerprint density at radius 2 is 1.43 bits per heavy atom. The Bertz CT molecular complexity index is 407. The van der Waals surface area contributed by atoms with Crippen LogP contribution in [0.15, 0.2) is 0 Å². The van der Waals surface area contributed by atoms with Gasteiger partial charge in [-0.05, 0) is 20.3 Å². The topological polar surface area (TPSA) is 26.3 Å². The summed E-state index contributed by atoms with van der Waals surface area (Å²) in [6, 6.07) is 0. The summed E-state index contributed by atoms with van der Waals surface area (Å²) < 4.78 is 106. The minimum absolute atomic E-state index is 0.189. The first-order valence-electron chi connectivity index (χ1n) is 6.68. The van der Waals surface area contributed by atoms with E-state index in [1.165, 1.54) is 13.8 Å². The van der Waals surface area contributed by atoms with Gasteiger partial charge in [0.1, 0.15) is 0 Å². The van der Waals surface area contributed by atoms with Gasteiger partial charge in [0, 0.05) is 12.8 Å². The smallest absolute Gasteiger partial charge is 0.343 e. The Balaban J connectivity index is 4.81. The van der Waals surface area contributed by atoms with Crippen molar-refractivity contribution in [2.24, 2.45) is 5.41 Å². The average molecular weight is 358 g/mol. The lowest BCUT2D eigenvalue weighted by Gasteiger charge is -2.29. The third kappa shape index (κ3) is 5.80. The molecule has 0 bridgehead atoms. The van der Waals surface area contributed by atoms with Gasteiger partial charge >= 0.3 is 30.2 Å². The maximum Gasteiger partial charge on any atom is 0.343 e. The zero-order valence-electron chi connectivity index (χ0n) is 12.7. The highest BCUT2D eigenvalue weighted by Gasteiger charge is 2.58. The first-order chi connectivity index (χ1) is 10.1. The van der Waals surface area contributed by atoms with Gasteiger partial charge in [-0.2, -0.15) is 17.6 Å². The summed E-state index contributed by atoms with van der Waals surface area (Å²) in [5, 5.41) is 0. The molecule has 0 radical (unpaired) electrons. The molecule has 0 aromatic carbocycles. The van der Waals surface area contributed by atoms with Crippen molar-refractivity contribution in [2.75, 3.05) is 6.61 Å². The quantitative estimate of drug-likeness (QED) is 0.432. The van der Waals surface area contributed by atoms with E-state index in [0.717, 1.165) is 0 Å². The minimum Gasteiger partial charge on any atom is -0.459 e. The molecular formula is C13H18F8O2. The summed E-state index contributed by atoms with van der Waals surface area (Å²) in [7, 11) is 0. The first-order valence-corrected chi connectivity index (χ1v) is 6.68. The normalized spacial score (nSPS) is 14.3. The number of esters is 1. The molecule has 0 aromatic heterocycles. The van der Waals surface area contributed by atoms with Gasteiger partial charge < -0.3 is 4.74 Å². The molecule has 0 aromatic rings. The molecule has 0 aliphatic rings. The summed E-state index contributed by atoms with van der Waals surface area (Å²) >= 11 is 0. The van der Waals surface area contributed by atoms with E-state index in [4.69, 9.17) is 0 Å². The Morgan fingerprint density at radius 3 is 1.83 bits per heavy atom.